The van der Waals surface area contributed by atoms with Gasteiger partial charge >= 0.3 is 5.97 Å². The number of aliphatic imine (C=N–C) groups is 1. The molecule has 8 atom stereocenters. The summed E-state index contributed by atoms with van der Waals surface area (Å²) in [6.07, 6.45) is 4.97. The summed E-state index contributed by atoms with van der Waals surface area (Å²) < 4.78 is 0. The molecule has 24 nitrogen and oxygen atoms in total. The van der Waals surface area contributed by atoms with Crippen molar-refractivity contribution in [1.82, 2.24) is 51.4 Å². The number of hydrogen-bond acceptors (Lipinski definition) is 13. The van der Waals surface area contributed by atoms with Gasteiger partial charge in [-0.15, -0.1) is 0 Å². The average molecular weight is 805 g/mol. The Morgan fingerprint density at radius 3 is 2.07 bits per heavy atom. The number of nitrogens with one attached hydrogen (secondary N) is 7. The van der Waals surface area contributed by atoms with Crippen molar-refractivity contribution in [2.24, 2.45) is 22.2 Å². The highest BCUT2D eigenvalue weighted by atomic mass is 16.4. The predicted octanol–water partition coefficient (Wildman–Crippen LogP) is -5.81. The second kappa shape index (κ2) is 21.8. The van der Waals surface area contributed by atoms with Crippen LogP contribution in [0.15, 0.2) is 30.0 Å². The Hall–Kier alpha value is -6.14. The number of guanidine groups is 1. The molecule has 0 aliphatic carbocycles. The van der Waals surface area contributed by atoms with Crippen LogP contribution in [-0.2, 0) is 46.4 Å². The van der Waals surface area contributed by atoms with Gasteiger partial charge in [0, 0.05) is 49.7 Å². The van der Waals surface area contributed by atoms with Gasteiger partial charge in [0.25, 0.3) is 0 Å². The van der Waals surface area contributed by atoms with E-state index < -0.39 is 96.4 Å². The van der Waals surface area contributed by atoms with Crippen molar-refractivity contribution in [2.45, 2.75) is 101 Å². The third-order valence-corrected chi connectivity index (χ3v) is 8.95. The smallest absolute Gasteiger partial charge is 0.328 e. The second-order valence-electron chi connectivity index (χ2n) is 13.5. The van der Waals surface area contributed by atoms with E-state index in [1.807, 2.05) is 0 Å². The number of likely N-dealkylation sites (tertiary alicyclic amines) is 1. The lowest BCUT2D eigenvalue weighted by Crippen LogP contribution is -2.60. The minimum absolute atomic E-state index is 0.0352. The van der Waals surface area contributed by atoms with Gasteiger partial charge in [0.05, 0.1) is 31.4 Å². The van der Waals surface area contributed by atoms with Crippen molar-refractivity contribution >= 4 is 47.4 Å². The number of aliphatic hydroxyl groups is 2. The lowest BCUT2D eigenvalue weighted by atomic mass is 10.1. The number of rotatable bonds is 22. The maximum atomic E-state index is 14.1. The molecule has 1 fully saturated rings. The SMILES string of the molecule is C[C@H](NC(=O)[C@@H](NC(=O)[C@@H](N)Cc1cnc[nH]1)[C@@H](C)O)C(=O)N[C@@H](Cc1cnc[nH]1)C(=O)N1CCC[C@H]1C(=O)N[C@@H](CCCN=C(N)N)C(=O)N[C@@H](CO)C(=O)O. The lowest BCUT2D eigenvalue weighted by Gasteiger charge is -2.30. The first-order chi connectivity index (χ1) is 27.0. The third kappa shape index (κ3) is 13.8. The van der Waals surface area contributed by atoms with Gasteiger partial charge in [-0.2, -0.15) is 0 Å². The number of carboxylic acids is 1. The lowest BCUT2D eigenvalue weighted by molar-refractivity contribution is -0.144. The summed E-state index contributed by atoms with van der Waals surface area (Å²) in [6, 6.07) is -9.24. The van der Waals surface area contributed by atoms with Crippen LogP contribution in [0.2, 0.25) is 0 Å². The van der Waals surface area contributed by atoms with Crippen LogP contribution in [0.4, 0.5) is 0 Å². The van der Waals surface area contributed by atoms with E-state index in [1.165, 1.54) is 43.8 Å². The Morgan fingerprint density at radius 1 is 0.877 bits per heavy atom. The first kappa shape index (κ1) is 45.3. The Bertz CT molecular complexity index is 1700. The highest BCUT2D eigenvalue weighted by molar-refractivity contribution is 5.97. The van der Waals surface area contributed by atoms with Crippen molar-refractivity contribution in [3.63, 3.8) is 0 Å². The highest BCUT2D eigenvalue weighted by Crippen LogP contribution is 2.20. The Morgan fingerprint density at radius 2 is 1.51 bits per heavy atom. The van der Waals surface area contributed by atoms with Gasteiger partial charge in [-0.3, -0.25) is 33.8 Å². The molecule has 3 heterocycles. The Labute approximate surface area is 326 Å². The zero-order valence-corrected chi connectivity index (χ0v) is 31.5. The summed E-state index contributed by atoms with van der Waals surface area (Å²) in [4.78, 5) is 110. The minimum atomic E-state index is -1.65. The molecular formula is C33H52N14O10. The van der Waals surface area contributed by atoms with E-state index in [1.54, 1.807) is 0 Å². The number of aliphatic carboxylic acids is 1. The molecule has 2 aromatic rings. The van der Waals surface area contributed by atoms with Crippen LogP contribution in [0.1, 0.15) is 50.9 Å². The number of amides is 6. The quantitative estimate of drug-likeness (QED) is 0.0300. The normalized spacial score (nSPS) is 17.4. The van der Waals surface area contributed by atoms with Crippen LogP contribution in [0.5, 0.6) is 0 Å². The number of carbonyl (C=O) groups is 7. The van der Waals surface area contributed by atoms with Crippen molar-refractivity contribution in [3.8, 4) is 0 Å². The van der Waals surface area contributed by atoms with E-state index in [9.17, 15) is 48.9 Å². The summed E-state index contributed by atoms with van der Waals surface area (Å²) in [5, 5.41) is 41.2. The second-order valence-corrected chi connectivity index (χ2v) is 13.5. The van der Waals surface area contributed by atoms with Gasteiger partial charge in [0.15, 0.2) is 5.96 Å². The van der Waals surface area contributed by atoms with E-state index >= 15 is 0 Å². The van der Waals surface area contributed by atoms with Crippen LogP contribution in [0.3, 0.4) is 0 Å². The van der Waals surface area contributed by atoms with Gasteiger partial charge in [0.1, 0.15) is 36.3 Å². The fourth-order valence-corrected chi connectivity index (χ4v) is 5.87. The zero-order chi connectivity index (χ0) is 42.2. The molecule has 57 heavy (non-hydrogen) atoms. The molecule has 0 spiro atoms. The number of imidazole rings is 2. The molecular weight excluding hydrogens is 752 g/mol. The molecule has 1 aliphatic heterocycles. The number of hydrogen-bond donors (Lipinski definition) is 13. The van der Waals surface area contributed by atoms with Crippen LogP contribution in [-0.4, -0.2) is 156 Å². The minimum Gasteiger partial charge on any atom is -0.480 e. The first-order valence-electron chi connectivity index (χ1n) is 18.1. The van der Waals surface area contributed by atoms with Crippen LogP contribution in [0, 0.1) is 0 Å². The molecule has 0 bridgehead atoms. The molecule has 2 aromatic heterocycles. The van der Waals surface area contributed by atoms with Gasteiger partial charge in [-0.1, -0.05) is 0 Å². The van der Waals surface area contributed by atoms with Gasteiger partial charge in [-0.25, -0.2) is 14.8 Å². The fourth-order valence-electron chi connectivity index (χ4n) is 5.87. The van der Waals surface area contributed by atoms with Gasteiger partial charge in [-0.05, 0) is 39.5 Å². The monoisotopic (exact) mass is 804 g/mol. The topological polar surface area (TPSA) is 391 Å². The predicted molar refractivity (Wildman–Crippen MR) is 199 cm³/mol. The number of aromatic nitrogens is 4. The van der Waals surface area contributed by atoms with Crippen LogP contribution < -0.4 is 43.8 Å². The van der Waals surface area contributed by atoms with E-state index in [0.29, 0.717) is 17.8 Å². The van der Waals surface area contributed by atoms with Crippen molar-refractivity contribution in [3.05, 3.63) is 36.4 Å². The molecule has 0 saturated carbocycles. The Kier molecular flexibility index (Phi) is 17.3. The number of carboxylic acid groups (broad SMARTS) is 1. The largest absolute Gasteiger partial charge is 0.480 e. The molecule has 0 radical (unpaired) electrons. The average Bonchev–Trinajstić information content (AvgIpc) is 3.97. The van der Waals surface area contributed by atoms with Crippen molar-refractivity contribution in [2.75, 3.05) is 19.7 Å². The summed E-state index contributed by atoms with van der Waals surface area (Å²) in [5.41, 5.74) is 17.7. The first-order valence-corrected chi connectivity index (χ1v) is 18.1. The molecule has 16 N–H and O–H groups in total. The number of nitrogens with two attached hydrogens (primary N) is 3. The summed E-state index contributed by atoms with van der Waals surface area (Å²) in [7, 11) is 0. The standard InChI is InChI=1S/C33H52N14O10/c1-16(42-30(54)25(17(2)49)46-27(51)20(34)9-18-11-37-14-40-18)26(50)44-22(10-19-12-38-15-41-19)31(55)47-8-4-6-24(47)29(53)43-21(5-3-7-39-33(35)36)28(52)45-23(13-48)32(56)57/h11-12,14-17,20-25,48-49H,3-10,13,34H2,1-2H3,(H,37,40)(H,38,41)(H,42,54)(H,43,53)(H,44,50)(H,45,52)(H,46,51)(H,56,57)(H4,35,36,39)/t16-,17+,20-,21-,22-,23-,24-,25-/m0/s1. The van der Waals surface area contributed by atoms with E-state index in [-0.39, 0.29) is 51.2 Å². The molecule has 6 amide bonds. The highest BCUT2D eigenvalue weighted by Gasteiger charge is 2.40. The van der Waals surface area contributed by atoms with Crippen LogP contribution >= 0.6 is 0 Å². The van der Waals surface area contributed by atoms with Gasteiger partial charge in [0.2, 0.25) is 35.4 Å². The number of aromatic amines is 2. The summed E-state index contributed by atoms with van der Waals surface area (Å²) >= 11 is 0. The molecule has 0 aromatic carbocycles. The molecule has 1 aliphatic rings. The molecule has 314 valence electrons. The Balaban J connectivity index is 1.73. The number of carbonyl (C=O) groups excluding carboxylic acids is 6. The number of H-pyrrole nitrogens is 2. The maximum absolute atomic E-state index is 14.1. The summed E-state index contributed by atoms with van der Waals surface area (Å²) in [5.74, 6) is -6.48. The van der Waals surface area contributed by atoms with Crippen molar-refractivity contribution in [1.29, 1.82) is 0 Å². The van der Waals surface area contributed by atoms with Crippen molar-refractivity contribution < 1.29 is 48.9 Å². The maximum Gasteiger partial charge on any atom is 0.328 e. The zero-order valence-electron chi connectivity index (χ0n) is 31.5. The third-order valence-electron chi connectivity index (χ3n) is 8.95. The van der Waals surface area contributed by atoms with E-state index in [2.05, 4.69) is 51.5 Å². The summed E-state index contributed by atoms with van der Waals surface area (Å²) in [6.45, 7) is 1.87. The molecule has 24 heteroatoms. The van der Waals surface area contributed by atoms with E-state index in [4.69, 9.17) is 17.2 Å². The molecule has 1 saturated heterocycles. The van der Waals surface area contributed by atoms with Gasteiger partial charge < -0.3 is 74.0 Å². The number of nitrogens with zero attached hydrogens (tertiary/aromatic N) is 4. The molecule has 3 rings (SSSR count). The fraction of sp³-hybridized carbons (Fsp3) is 0.576. The van der Waals surface area contributed by atoms with E-state index in [0.717, 1.165) is 0 Å². The number of aliphatic hydroxyl groups excluding tert-OH is 2. The molecule has 0 unspecified atom stereocenters. The van der Waals surface area contributed by atoms with Crippen LogP contribution in [0.25, 0.3) is 0 Å².